The molecule has 4 heteroatoms. The predicted molar refractivity (Wildman–Crippen MR) is 66.3 cm³/mol. The summed E-state index contributed by atoms with van der Waals surface area (Å²) >= 11 is 2.08. The minimum absolute atomic E-state index is 0.112. The van der Waals surface area contributed by atoms with E-state index in [9.17, 15) is 4.79 Å². The van der Waals surface area contributed by atoms with Gasteiger partial charge in [0.2, 0.25) is 0 Å². The van der Waals surface area contributed by atoms with Crippen LogP contribution in [0.4, 0.5) is 0 Å². The highest BCUT2D eigenvalue weighted by Crippen LogP contribution is 2.24. The molecule has 0 spiro atoms. The van der Waals surface area contributed by atoms with Crippen molar-refractivity contribution in [2.45, 2.75) is 20.0 Å². The summed E-state index contributed by atoms with van der Waals surface area (Å²) in [6, 6.07) is 5.32. The van der Waals surface area contributed by atoms with Crippen molar-refractivity contribution in [3.63, 3.8) is 0 Å². The molecule has 3 nitrogen and oxygen atoms in total. The molecule has 82 valence electrons. The first kappa shape index (κ1) is 12.3. The fourth-order valence-electron chi connectivity index (χ4n) is 1.10. The van der Waals surface area contributed by atoms with E-state index in [-0.39, 0.29) is 12.1 Å². The van der Waals surface area contributed by atoms with Gasteiger partial charge in [0.25, 0.3) is 0 Å². The lowest BCUT2D eigenvalue weighted by molar-refractivity contribution is 0.0376. The lowest BCUT2D eigenvalue weighted by atomic mass is 10.2. The lowest BCUT2D eigenvalue weighted by Crippen LogP contribution is -2.13. The van der Waals surface area contributed by atoms with E-state index in [0.717, 1.165) is 3.57 Å². The number of hydrogen-bond acceptors (Lipinski definition) is 3. The number of halogens is 1. The number of carbonyl (C=O) groups is 1. The zero-order valence-corrected chi connectivity index (χ0v) is 11.1. The van der Waals surface area contributed by atoms with Crippen molar-refractivity contribution >= 4 is 28.6 Å². The number of rotatable bonds is 3. The van der Waals surface area contributed by atoms with Gasteiger partial charge in [-0.2, -0.15) is 0 Å². The van der Waals surface area contributed by atoms with Crippen LogP contribution in [-0.4, -0.2) is 19.2 Å². The first-order valence-corrected chi connectivity index (χ1v) is 5.67. The molecule has 0 amide bonds. The highest BCUT2D eigenvalue weighted by Gasteiger charge is 2.15. The second kappa shape index (κ2) is 5.34. The lowest BCUT2D eigenvalue weighted by Gasteiger charge is -2.10. The molecule has 0 radical (unpaired) electrons. The molecule has 0 heterocycles. The summed E-state index contributed by atoms with van der Waals surface area (Å²) in [6.45, 7) is 3.65. The van der Waals surface area contributed by atoms with Crippen molar-refractivity contribution in [2.75, 3.05) is 7.11 Å². The number of hydrogen-bond donors (Lipinski definition) is 0. The smallest absolute Gasteiger partial charge is 0.339 e. The van der Waals surface area contributed by atoms with Crippen LogP contribution in [0.5, 0.6) is 5.75 Å². The topological polar surface area (TPSA) is 35.5 Å². The summed E-state index contributed by atoms with van der Waals surface area (Å²) in [5.74, 6) is 0.377. The minimum Gasteiger partial charge on any atom is -0.496 e. The van der Waals surface area contributed by atoms with Gasteiger partial charge in [-0.3, -0.25) is 0 Å². The molecule has 0 N–H and O–H groups in total. The van der Waals surface area contributed by atoms with Crippen LogP contribution in [0.15, 0.2) is 18.2 Å². The van der Waals surface area contributed by atoms with Crippen LogP contribution >= 0.6 is 22.6 Å². The van der Waals surface area contributed by atoms with Crippen molar-refractivity contribution in [1.29, 1.82) is 0 Å². The van der Waals surface area contributed by atoms with Crippen molar-refractivity contribution < 1.29 is 14.3 Å². The average Bonchev–Trinajstić information content (AvgIpc) is 2.17. The summed E-state index contributed by atoms with van der Waals surface area (Å²) in [5.41, 5.74) is 0.545. The first-order chi connectivity index (χ1) is 7.06. The second-order valence-corrected chi connectivity index (χ2v) is 4.35. The van der Waals surface area contributed by atoms with Crippen molar-refractivity contribution in [3.8, 4) is 5.75 Å². The molecule has 0 saturated carbocycles. The highest BCUT2D eigenvalue weighted by molar-refractivity contribution is 14.1. The van der Waals surface area contributed by atoms with Gasteiger partial charge in [-0.15, -0.1) is 0 Å². The SMILES string of the molecule is COc1cccc(C(=O)OC(C)C)c1I. The summed E-state index contributed by atoms with van der Waals surface area (Å²) in [5, 5.41) is 0. The molecular formula is C11H13IO3. The summed E-state index contributed by atoms with van der Waals surface area (Å²) in [6.07, 6.45) is -0.112. The van der Waals surface area contributed by atoms with Gasteiger partial charge in [-0.25, -0.2) is 4.79 Å². The molecule has 0 aromatic heterocycles. The predicted octanol–water partition coefficient (Wildman–Crippen LogP) is 2.87. The van der Waals surface area contributed by atoms with Crippen LogP contribution in [-0.2, 0) is 4.74 Å². The van der Waals surface area contributed by atoms with Gasteiger partial charge in [0.05, 0.1) is 22.3 Å². The molecule has 1 aromatic carbocycles. The van der Waals surface area contributed by atoms with Gasteiger partial charge in [-0.1, -0.05) is 6.07 Å². The minimum atomic E-state index is -0.312. The Hall–Kier alpha value is -0.780. The van der Waals surface area contributed by atoms with E-state index in [1.54, 1.807) is 19.2 Å². The number of ether oxygens (including phenoxy) is 2. The van der Waals surface area contributed by atoms with Crippen molar-refractivity contribution in [2.24, 2.45) is 0 Å². The Morgan fingerprint density at radius 2 is 2.07 bits per heavy atom. The van der Waals surface area contributed by atoms with Crippen LogP contribution in [0.1, 0.15) is 24.2 Å². The van der Waals surface area contributed by atoms with Crippen LogP contribution in [0.25, 0.3) is 0 Å². The van der Waals surface area contributed by atoms with Gasteiger partial charge in [0, 0.05) is 0 Å². The molecule has 1 rings (SSSR count). The van der Waals surface area contributed by atoms with Crippen LogP contribution in [0.2, 0.25) is 0 Å². The Kier molecular flexibility index (Phi) is 4.38. The van der Waals surface area contributed by atoms with Crippen molar-refractivity contribution in [3.05, 3.63) is 27.3 Å². The maximum Gasteiger partial charge on any atom is 0.339 e. The monoisotopic (exact) mass is 320 g/mol. The molecule has 0 unspecified atom stereocenters. The van der Waals surface area contributed by atoms with E-state index in [1.807, 2.05) is 19.9 Å². The Bertz CT molecular complexity index is 361. The van der Waals surface area contributed by atoms with E-state index in [2.05, 4.69) is 22.6 Å². The number of esters is 1. The highest BCUT2D eigenvalue weighted by atomic mass is 127. The molecule has 15 heavy (non-hydrogen) atoms. The van der Waals surface area contributed by atoms with Gasteiger partial charge in [0.1, 0.15) is 5.75 Å². The normalized spacial score (nSPS) is 10.2. The van der Waals surface area contributed by atoms with Gasteiger partial charge in [-0.05, 0) is 48.6 Å². The van der Waals surface area contributed by atoms with E-state index >= 15 is 0 Å². The Morgan fingerprint density at radius 1 is 1.40 bits per heavy atom. The fourth-order valence-corrected chi connectivity index (χ4v) is 1.90. The number of carbonyl (C=O) groups excluding carboxylic acids is 1. The molecular weight excluding hydrogens is 307 g/mol. The molecule has 0 atom stereocenters. The molecule has 0 saturated heterocycles. The largest absolute Gasteiger partial charge is 0.496 e. The van der Waals surface area contributed by atoms with E-state index in [4.69, 9.17) is 9.47 Å². The van der Waals surface area contributed by atoms with Crippen LogP contribution < -0.4 is 4.74 Å². The summed E-state index contributed by atoms with van der Waals surface area (Å²) in [7, 11) is 1.58. The first-order valence-electron chi connectivity index (χ1n) is 4.59. The standard InChI is InChI=1S/C11H13IO3/c1-7(2)15-11(13)8-5-4-6-9(14-3)10(8)12/h4-7H,1-3H3. The van der Waals surface area contributed by atoms with Gasteiger partial charge in [0.15, 0.2) is 0 Å². The van der Waals surface area contributed by atoms with Crippen molar-refractivity contribution in [1.82, 2.24) is 0 Å². The van der Waals surface area contributed by atoms with E-state index in [0.29, 0.717) is 11.3 Å². The summed E-state index contributed by atoms with van der Waals surface area (Å²) < 4.78 is 11.0. The maximum atomic E-state index is 11.7. The zero-order chi connectivity index (χ0) is 11.4. The zero-order valence-electron chi connectivity index (χ0n) is 8.91. The summed E-state index contributed by atoms with van der Waals surface area (Å²) in [4.78, 5) is 11.7. The molecule has 0 aliphatic rings. The average molecular weight is 320 g/mol. The van der Waals surface area contributed by atoms with Crippen LogP contribution in [0.3, 0.4) is 0 Å². The molecule has 0 bridgehead atoms. The van der Waals surface area contributed by atoms with Gasteiger partial charge >= 0.3 is 5.97 Å². The molecule has 0 fully saturated rings. The molecule has 0 aliphatic heterocycles. The van der Waals surface area contributed by atoms with E-state index in [1.165, 1.54) is 0 Å². The Labute approximate surface area is 103 Å². The van der Waals surface area contributed by atoms with Gasteiger partial charge < -0.3 is 9.47 Å². The number of benzene rings is 1. The molecule has 1 aromatic rings. The quantitative estimate of drug-likeness (QED) is 0.635. The second-order valence-electron chi connectivity index (χ2n) is 3.28. The third kappa shape index (κ3) is 3.09. The third-order valence-corrected chi connectivity index (χ3v) is 2.86. The maximum absolute atomic E-state index is 11.7. The van der Waals surface area contributed by atoms with Crippen LogP contribution in [0, 0.1) is 3.57 Å². The Balaban J connectivity index is 2.99. The third-order valence-electron chi connectivity index (χ3n) is 1.75. The fraction of sp³-hybridized carbons (Fsp3) is 0.364. The van der Waals surface area contributed by atoms with E-state index < -0.39 is 0 Å². The number of methoxy groups -OCH3 is 1. The Morgan fingerprint density at radius 3 is 2.60 bits per heavy atom. The molecule has 0 aliphatic carbocycles.